The van der Waals surface area contributed by atoms with Crippen LogP contribution in [0.4, 0.5) is 0 Å². The molecule has 0 saturated heterocycles. The van der Waals surface area contributed by atoms with Crippen LogP contribution in [0.2, 0.25) is 0 Å². The number of ether oxygens (including phenoxy) is 3. The first-order valence-electron chi connectivity index (χ1n) is 9.34. The molecule has 1 aliphatic rings. The molecule has 0 fully saturated rings. The fraction of sp³-hybridized carbons (Fsp3) is 0.364. The van der Waals surface area contributed by atoms with Gasteiger partial charge in [0.1, 0.15) is 23.2 Å². The van der Waals surface area contributed by atoms with Crippen molar-refractivity contribution in [1.82, 2.24) is 4.57 Å². The number of methoxy groups -OCH3 is 1. The number of esters is 1. The largest absolute Gasteiger partial charge is 0.496 e. The van der Waals surface area contributed by atoms with E-state index in [1.165, 1.54) is 14.0 Å². The van der Waals surface area contributed by atoms with Crippen molar-refractivity contribution in [3.8, 4) is 11.5 Å². The van der Waals surface area contributed by atoms with Crippen molar-refractivity contribution in [1.29, 1.82) is 0 Å². The van der Waals surface area contributed by atoms with Gasteiger partial charge in [0.15, 0.2) is 6.10 Å². The number of hydrogen-bond donors (Lipinski definition) is 1. The third-order valence-electron chi connectivity index (χ3n) is 5.49. The average molecular weight is 397 g/mol. The van der Waals surface area contributed by atoms with Gasteiger partial charge < -0.3 is 23.9 Å². The highest BCUT2D eigenvalue weighted by molar-refractivity contribution is 5.99. The molecule has 4 rings (SSSR count). The molecule has 7 heteroatoms. The molecule has 0 radical (unpaired) electrons. The van der Waals surface area contributed by atoms with Gasteiger partial charge in [-0.3, -0.25) is 9.59 Å². The van der Waals surface area contributed by atoms with Crippen LogP contribution in [-0.4, -0.2) is 34.5 Å². The van der Waals surface area contributed by atoms with Crippen LogP contribution in [0.1, 0.15) is 32.4 Å². The summed E-state index contributed by atoms with van der Waals surface area (Å²) < 4.78 is 18.9. The van der Waals surface area contributed by atoms with Crippen LogP contribution in [0.3, 0.4) is 0 Å². The minimum atomic E-state index is -1.18. The molecule has 29 heavy (non-hydrogen) atoms. The van der Waals surface area contributed by atoms with E-state index >= 15 is 0 Å². The number of rotatable bonds is 2. The lowest BCUT2D eigenvalue weighted by Gasteiger charge is -2.42. The molecule has 2 aromatic carbocycles. The number of hydrogen-bond acceptors (Lipinski definition) is 6. The molecule has 3 aromatic rings. The van der Waals surface area contributed by atoms with Crippen molar-refractivity contribution in [2.45, 2.75) is 38.6 Å². The second-order valence-corrected chi connectivity index (χ2v) is 7.80. The Balaban J connectivity index is 2.16. The molecule has 1 N–H and O–H groups in total. The number of carbonyl (C=O) groups excluding carboxylic acids is 1. The topological polar surface area (TPSA) is 87.0 Å². The third kappa shape index (κ3) is 2.76. The zero-order valence-electron chi connectivity index (χ0n) is 17.0. The van der Waals surface area contributed by atoms with Crippen LogP contribution in [0.15, 0.2) is 35.1 Å². The van der Waals surface area contributed by atoms with Crippen molar-refractivity contribution in [2.24, 2.45) is 7.05 Å². The highest BCUT2D eigenvalue weighted by atomic mass is 16.6. The molecule has 0 spiro atoms. The van der Waals surface area contributed by atoms with E-state index in [4.69, 9.17) is 14.2 Å². The number of para-hydroxylation sites is 1. The Kier molecular flexibility index (Phi) is 4.31. The summed E-state index contributed by atoms with van der Waals surface area (Å²) in [6.07, 6.45) is -2.12. The van der Waals surface area contributed by atoms with Crippen molar-refractivity contribution in [3.63, 3.8) is 0 Å². The van der Waals surface area contributed by atoms with Gasteiger partial charge in [0.05, 0.1) is 29.1 Å². The molecular weight excluding hydrogens is 374 g/mol. The molecule has 2 heterocycles. The second-order valence-electron chi connectivity index (χ2n) is 7.80. The predicted molar refractivity (Wildman–Crippen MR) is 108 cm³/mol. The maximum absolute atomic E-state index is 13.3. The van der Waals surface area contributed by atoms with E-state index in [9.17, 15) is 14.7 Å². The van der Waals surface area contributed by atoms with Crippen molar-refractivity contribution < 1.29 is 24.1 Å². The van der Waals surface area contributed by atoms with Gasteiger partial charge in [-0.25, -0.2) is 0 Å². The van der Waals surface area contributed by atoms with Gasteiger partial charge in [-0.1, -0.05) is 12.1 Å². The van der Waals surface area contributed by atoms with Crippen molar-refractivity contribution >= 4 is 27.8 Å². The first kappa shape index (κ1) is 19.3. The Morgan fingerprint density at radius 2 is 1.97 bits per heavy atom. The van der Waals surface area contributed by atoms with Crippen molar-refractivity contribution in [3.05, 3.63) is 46.1 Å². The highest BCUT2D eigenvalue weighted by Gasteiger charge is 2.47. The van der Waals surface area contributed by atoms with Gasteiger partial charge in [0.25, 0.3) is 0 Å². The fourth-order valence-corrected chi connectivity index (χ4v) is 4.21. The SMILES string of the molecule is COc1cc2c(c3c1c(=O)c1ccccc1n3C)[C@@H](O)[C@H](OC(C)=O)C(C)(C)O2. The predicted octanol–water partition coefficient (Wildman–Crippen LogP) is 2.84. The number of pyridine rings is 1. The number of aliphatic hydroxyl groups is 1. The molecule has 0 unspecified atom stereocenters. The number of aryl methyl sites for hydroxylation is 1. The Morgan fingerprint density at radius 3 is 2.62 bits per heavy atom. The zero-order valence-corrected chi connectivity index (χ0v) is 17.0. The summed E-state index contributed by atoms with van der Waals surface area (Å²) in [6.45, 7) is 4.76. The molecule has 7 nitrogen and oxygen atoms in total. The van der Waals surface area contributed by atoms with E-state index in [0.29, 0.717) is 38.9 Å². The van der Waals surface area contributed by atoms with Crippen molar-refractivity contribution in [2.75, 3.05) is 7.11 Å². The van der Waals surface area contributed by atoms with Gasteiger partial charge >= 0.3 is 5.97 Å². The first-order chi connectivity index (χ1) is 13.7. The lowest BCUT2D eigenvalue weighted by Crippen LogP contribution is -2.51. The Bertz CT molecular complexity index is 1210. The molecule has 0 bridgehead atoms. The van der Waals surface area contributed by atoms with Gasteiger partial charge in [-0.2, -0.15) is 0 Å². The van der Waals surface area contributed by atoms with Crippen LogP contribution in [0, 0.1) is 0 Å². The van der Waals surface area contributed by atoms with Gasteiger partial charge in [0, 0.05) is 25.4 Å². The van der Waals surface area contributed by atoms with Crippen LogP contribution in [-0.2, 0) is 16.6 Å². The van der Waals surface area contributed by atoms with E-state index in [0.717, 1.165) is 0 Å². The minimum absolute atomic E-state index is 0.200. The summed E-state index contributed by atoms with van der Waals surface area (Å²) in [6, 6.07) is 8.86. The number of fused-ring (bicyclic) bond motifs is 4. The van der Waals surface area contributed by atoms with Crippen LogP contribution >= 0.6 is 0 Å². The van der Waals surface area contributed by atoms with Crippen LogP contribution in [0.5, 0.6) is 11.5 Å². The highest BCUT2D eigenvalue weighted by Crippen LogP contribution is 2.47. The summed E-state index contributed by atoms with van der Waals surface area (Å²) in [4.78, 5) is 25.0. The normalized spacial score (nSPS) is 20.2. The number of aliphatic hydroxyl groups excluding tert-OH is 1. The quantitative estimate of drug-likeness (QED) is 0.529. The van der Waals surface area contributed by atoms with E-state index in [-0.39, 0.29) is 5.43 Å². The van der Waals surface area contributed by atoms with E-state index in [1.54, 1.807) is 32.0 Å². The Labute approximate surface area is 167 Å². The smallest absolute Gasteiger partial charge is 0.303 e. The van der Waals surface area contributed by atoms with E-state index in [2.05, 4.69) is 0 Å². The maximum atomic E-state index is 13.3. The second kappa shape index (κ2) is 6.49. The molecule has 1 aromatic heterocycles. The van der Waals surface area contributed by atoms with E-state index in [1.807, 2.05) is 23.7 Å². The average Bonchev–Trinajstić information content (AvgIpc) is 2.67. The summed E-state index contributed by atoms with van der Waals surface area (Å²) in [5, 5.41) is 12.1. The van der Waals surface area contributed by atoms with Crippen LogP contribution in [0.25, 0.3) is 21.8 Å². The maximum Gasteiger partial charge on any atom is 0.303 e. The summed E-state index contributed by atoms with van der Waals surface area (Å²) >= 11 is 0. The van der Waals surface area contributed by atoms with Gasteiger partial charge in [0.2, 0.25) is 5.43 Å². The Hall–Kier alpha value is -3.06. The number of carbonyl (C=O) groups is 1. The number of nitrogens with zero attached hydrogens (tertiary/aromatic N) is 1. The Morgan fingerprint density at radius 1 is 1.28 bits per heavy atom. The first-order valence-corrected chi connectivity index (χ1v) is 9.34. The summed E-state index contributed by atoms with van der Waals surface area (Å²) in [7, 11) is 3.30. The van der Waals surface area contributed by atoms with E-state index < -0.39 is 23.8 Å². The molecule has 2 atom stereocenters. The fourth-order valence-electron chi connectivity index (χ4n) is 4.21. The molecule has 0 saturated carbocycles. The minimum Gasteiger partial charge on any atom is -0.496 e. The van der Waals surface area contributed by atoms with Gasteiger partial charge in [-0.15, -0.1) is 0 Å². The number of aromatic nitrogens is 1. The lowest BCUT2D eigenvalue weighted by atomic mass is 9.86. The van der Waals surface area contributed by atoms with Gasteiger partial charge in [-0.05, 0) is 26.0 Å². The standard InChI is InChI=1S/C22H23NO6/c1-11(24)28-21-20(26)17-15(29-22(21,2)3)10-14(27-5)16-18(17)23(4)13-9-7-6-8-12(13)19(16)25/h6-10,20-21,26H,1-5H3/t20-,21+/m1/s1. The number of benzene rings is 2. The molecule has 152 valence electrons. The molecular formula is C22H23NO6. The summed E-state index contributed by atoms with van der Waals surface area (Å²) in [5.41, 5.74) is 0.419. The third-order valence-corrected chi connectivity index (χ3v) is 5.49. The lowest BCUT2D eigenvalue weighted by molar-refractivity contribution is -0.174. The molecule has 0 aliphatic carbocycles. The zero-order chi connectivity index (χ0) is 21.1. The monoisotopic (exact) mass is 397 g/mol. The molecule has 0 amide bonds. The molecule has 1 aliphatic heterocycles. The summed E-state index contributed by atoms with van der Waals surface area (Å²) in [5.74, 6) is 0.228. The van der Waals surface area contributed by atoms with Crippen LogP contribution < -0.4 is 14.9 Å².